The summed E-state index contributed by atoms with van der Waals surface area (Å²) in [6.45, 7) is 2.92. The van der Waals surface area contributed by atoms with E-state index < -0.39 is 0 Å². The normalized spacial score (nSPS) is 10.4. The number of hydrogen-bond donors (Lipinski definition) is 2. The Hall–Kier alpha value is -1.70. The molecule has 0 fully saturated rings. The lowest BCUT2D eigenvalue weighted by Crippen LogP contribution is -2.16. The lowest BCUT2D eigenvalue weighted by Gasteiger charge is -2.09. The first-order valence-electron chi connectivity index (χ1n) is 6.32. The molecule has 0 aliphatic rings. The highest BCUT2D eigenvalue weighted by atomic mass is 16.6. The molecule has 0 radical (unpaired) electrons. The smallest absolute Gasteiger partial charge is 0.224 e. The SMILES string of the molecule is COCCOCCOCCOc1ncccc1C(=N)N. The van der Waals surface area contributed by atoms with Crippen LogP contribution < -0.4 is 10.5 Å². The molecule has 0 unspecified atom stereocenters. The summed E-state index contributed by atoms with van der Waals surface area (Å²) in [5, 5.41) is 7.40. The Morgan fingerprint density at radius 1 is 1.15 bits per heavy atom. The molecule has 7 nitrogen and oxygen atoms in total. The first kappa shape index (κ1) is 16.4. The number of nitrogens with one attached hydrogen (secondary N) is 1. The molecule has 3 N–H and O–H groups in total. The van der Waals surface area contributed by atoms with Crippen molar-refractivity contribution in [3.63, 3.8) is 0 Å². The van der Waals surface area contributed by atoms with Gasteiger partial charge in [-0.1, -0.05) is 0 Å². The Balaban J connectivity index is 2.11. The summed E-state index contributed by atoms with van der Waals surface area (Å²) in [5.41, 5.74) is 5.91. The molecule has 1 aromatic rings. The minimum absolute atomic E-state index is 0.0689. The summed E-state index contributed by atoms with van der Waals surface area (Å²) in [6, 6.07) is 3.40. The molecule has 112 valence electrons. The summed E-state index contributed by atoms with van der Waals surface area (Å²) in [4.78, 5) is 4.03. The Labute approximate surface area is 118 Å². The molecule has 1 aromatic heterocycles. The maximum Gasteiger partial charge on any atom is 0.224 e. The third-order valence-corrected chi connectivity index (χ3v) is 2.33. The van der Waals surface area contributed by atoms with Crippen LogP contribution in [0.1, 0.15) is 5.56 Å². The second kappa shape index (κ2) is 10.1. The Morgan fingerprint density at radius 3 is 2.45 bits per heavy atom. The quantitative estimate of drug-likeness (QED) is 0.347. The van der Waals surface area contributed by atoms with Gasteiger partial charge in [0.05, 0.1) is 38.6 Å². The van der Waals surface area contributed by atoms with Gasteiger partial charge in [-0.2, -0.15) is 0 Å². The van der Waals surface area contributed by atoms with E-state index in [-0.39, 0.29) is 5.84 Å². The van der Waals surface area contributed by atoms with E-state index in [9.17, 15) is 0 Å². The highest BCUT2D eigenvalue weighted by molar-refractivity contribution is 5.96. The van der Waals surface area contributed by atoms with Gasteiger partial charge in [0.1, 0.15) is 12.4 Å². The van der Waals surface area contributed by atoms with Gasteiger partial charge in [0.15, 0.2) is 0 Å². The molecule has 0 atom stereocenters. The number of pyridine rings is 1. The molecule has 0 spiro atoms. The first-order chi connectivity index (χ1) is 9.75. The van der Waals surface area contributed by atoms with E-state index in [1.54, 1.807) is 25.4 Å². The molecular weight excluding hydrogens is 262 g/mol. The van der Waals surface area contributed by atoms with Crippen molar-refractivity contribution in [2.24, 2.45) is 5.73 Å². The van der Waals surface area contributed by atoms with Gasteiger partial charge < -0.3 is 24.7 Å². The number of rotatable bonds is 11. The van der Waals surface area contributed by atoms with Gasteiger partial charge in [-0.05, 0) is 12.1 Å². The number of aromatic nitrogens is 1. The van der Waals surface area contributed by atoms with E-state index in [1.807, 2.05) is 0 Å². The number of hydrogen-bond acceptors (Lipinski definition) is 6. The van der Waals surface area contributed by atoms with Crippen molar-refractivity contribution in [1.82, 2.24) is 4.98 Å². The third-order valence-electron chi connectivity index (χ3n) is 2.33. The topological polar surface area (TPSA) is 99.7 Å². The third kappa shape index (κ3) is 6.46. The van der Waals surface area contributed by atoms with Gasteiger partial charge >= 0.3 is 0 Å². The fraction of sp³-hybridized carbons (Fsp3) is 0.538. The molecule has 1 heterocycles. The van der Waals surface area contributed by atoms with Crippen LogP contribution in [-0.2, 0) is 14.2 Å². The van der Waals surface area contributed by atoms with Crippen molar-refractivity contribution in [3.05, 3.63) is 23.9 Å². The summed E-state index contributed by atoms with van der Waals surface area (Å²) in [5.74, 6) is 0.278. The standard InChI is InChI=1S/C13H21N3O4/c1-17-5-6-18-7-8-19-9-10-20-13-11(12(14)15)3-2-4-16-13/h2-4H,5-10H2,1H3,(H3,14,15). The van der Waals surface area contributed by atoms with Crippen LogP contribution >= 0.6 is 0 Å². The molecule has 0 saturated heterocycles. The molecule has 0 amide bonds. The molecule has 0 saturated carbocycles. The van der Waals surface area contributed by atoms with Crippen LogP contribution in [0, 0.1) is 5.41 Å². The molecule has 0 bridgehead atoms. The van der Waals surface area contributed by atoms with Crippen molar-refractivity contribution < 1.29 is 18.9 Å². The van der Waals surface area contributed by atoms with E-state index in [0.717, 1.165) is 0 Å². The summed E-state index contributed by atoms with van der Waals surface area (Å²) in [7, 11) is 1.63. The van der Waals surface area contributed by atoms with E-state index in [4.69, 9.17) is 30.1 Å². The Morgan fingerprint density at radius 2 is 1.80 bits per heavy atom. The number of methoxy groups -OCH3 is 1. The predicted octanol–water partition coefficient (Wildman–Crippen LogP) is 0.424. The number of nitrogens with two attached hydrogens (primary N) is 1. The van der Waals surface area contributed by atoms with Crippen molar-refractivity contribution in [1.29, 1.82) is 5.41 Å². The van der Waals surface area contributed by atoms with Crippen molar-refractivity contribution in [2.75, 3.05) is 46.8 Å². The average molecular weight is 283 g/mol. The van der Waals surface area contributed by atoms with Gasteiger partial charge in [-0.3, -0.25) is 5.41 Å². The Kier molecular flexibility index (Phi) is 8.28. The van der Waals surface area contributed by atoms with Gasteiger partial charge in [0.25, 0.3) is 0 Å². The molecule has 0 aliphatic heterocycles. The van der Waals surface area contributed by atoms with Crippen LogP contribution in [-0.4, -0.2) is 57.6 Å². The fourth-order valence-corrected chi connectivity index (χ4v) is 1.37. The number of amidine groups is 1. The minimum Gasteiger partial charge on any atom is -0.475 e. The molecule has 0 aromatic carbocycles. The summed E-state index contributed by atoms with van der Waals surface area (Å²) >= 11 is 0. The van der Waals surface area contributed by atoms with Crippen molar-refractivity contribution in [3.8, 4) is 5.88 Å². The zero-order valence-corrected chi connectivity index (χ0v) is 11.6. The largest absolute Gasteiger partial charge is 0.475 e. The van der Waals surface area contributed by atoms with Gasteiger partial charge in [-0.15, -0.1) is 0 Å². The monoisotopic (exact) mass is 283 g/mol. The van der Waals surface area contributed by atoms with Gasteiger partial charge in [0, 0.05) is 13.3 Å². The first-order valence-corrected chi connectivity index (χ1v) is 6.32. The summed E-state index contributed by atoms with van der Waals surface area (Å²) in [6.07, 6.45) is 1.59. The maximum absolute atomic E-state index is 7.40. The van der Waals surface area contributed by atoms with E-state index in [0.29, 0.717) is 51.1 Å². The zero-order valence-electron chi connectivity index (χ0n) is 11.6. The van der Waals surface area contributed by atoms with Crippen LogP contribution in [0.5, 0.6) is 5.88 Å². The fourth-order valence-electron chi connectivity index (χ4n) is 1.37. The minimum atomic E-state index is -0.0689. The average Bonchev–Trinajstić information content (AvgIpc) is 2.46. The van der Waals surface area contributed by atoms with E-state index in [1.165, 1.54) is 0 Å². The van der Waals surface area contributed by atoms with Crippen molar-refractivity contribution in [2.45, 2.75) is 0 Å². The van der Waals surface area contributed by atoms with E-state index >= 15 is 0 Å². The predicted molar refractivity (Wildman–Crippen MR) is 74.3 cm³/mol. The number of nitrogen functional groups attached to an aromatic ring is 1. The number of ether oxygens (including phenoxy) is 4. The van der Waals surface area contributed by atoms with Crippen LogP contribution in [0.15, 0.2) is 18.3 Å². The van der Waals surface area contributed by atoms with Crippen LogP contribution in [0.3, 0.4) is 0 Å². The zero-order chi connectivity index (χ0) is 14.6. The lowest BCUT2D eigenvalue weighted by atomic mass is 10.2. The maximum atomic E-state index is 7.40. The van der Waals surface area contributed by atoms with Crippen molar-refractivity contribution >= 4 is 5.84 Å². The van der Waals surface area contributed by atoms with Gasteiger partial charge in [-0.25, -0.2) is 4.98 Å². The van der Waals surface area contributed by atoms with Gasteiger partial charge in [0.2, 0.25) is 5.88 Å². The van der Waals surface area contributed by atoms with Crippen LogP contribution in [0.2, 0.25) is 0 Å². The lowest BCUT2D eigenvalue weighted by molar-refractivity contribution is 0.0176. The molecule has 1 rings (SSSR count). The molecule has 7 heteroatoms. The van der Waals surface area contributed by atoms with Crippen LogP contribution in [0.25, 0.3) is 0 Å². The highest BCUT2D eigenvalue weighted by Crippen LogP contribution is 2.12. The van der Waals surface area contributed by atoms with Crippen LogP contribution in [0.4, 0.5) is 0 Å². The summed E-state index contributed by atoms with van der Waals surface area (Å²) < 4.78 is 20.8. The molecule has 20 heavy (non-hydrogen) atoms. The second-order valence-corrected chi connectivity index (χ2v) is 3.84. The second-order valence-electron chi connectivity index (χ2n) is 3.84. The van der Waals surface area contributed by atoms with E-state index in [2.05, 4.69) is 4.98 Å². The molecular formula is C13H21N3O4. The Bertz CT molecular complexity index is 401. The number of nitrogens with zero attached hydrogens (tertiary/aromatic N) is 1. The molecule has 0 aliphatic carbocycles. The highest BCUT2D eigenvalue weighted by Gasteiger charge is 2.06.